The fraction of sp³-hybridized carbons (Fsp3) is 0.458. The van der Waals surface area contributed by atoms with E-state index in [0.29, 0.717) is 19.1 Å². The summed E-state index contributed by atoms with van der Waals surface area (Å²) < 4.78 is 5.61. The minimum atomic E-state index is -0.423. The predicted octanol–water partition coefficient (Wildman–Crippen LogP) is 3.39. The molecule has 0 aromatic heterocycles. The zero-order chi connectivity index (χ0) is 19.4. The van der Waals surface area contributed by atoms with Gasteiger partial charge in [0.1, 0.15) is 0 Å². The maximum atomic E-state index is 13.7. The van der Waals surface area contributed by atoms with Gasteiger partial charge < -0.3 is 9.64 Å². The first-order valence-electron chi connectivity index (χ1n) is 10.4. The predicted molar refractivity (Wildman–Crippen MR) is 111 cm³/mol. The zero-order valence-electron chi connectivity index (χ0n) is 16.8. The Morgan fingerprint density at radius 2 is 1.57 bits per heavy atom. The first kappa shape index (κ1) is 19.2. The summed E-state index contributed by atoms with van der Waals surface area (Å²) in [6.07, 6.45) is 1.55. The lowest BCUT2D eigenvalue weighted by Crippen LogP contribution is -2.55. The molecular formula is C24H30N2O2. The van der Waals surface area contributed by atoms with Crippen molar-refractivity contribution >= 4 is 5.91 Å². The average molecular weight is 379 g/mol. The Hall–Kier alpha value is -2.17. The molecule has 2 aliphatic heterocycles. The lowest BCUT2D eigenvalue weighted by Gasteiger charge is -2.43. The van der Waals surface area contributed by atoms with E-state index in [1.54, 1.807) is 0 Å². The van der Waals surface area contributed by atoms with Gasteiger partial charge in [-0.2, -0.15) is 0 Å². The SMILES string of the molecule is Cc1ccc(C2(C(=O)N3CCN(Cc4ccccc4)CC3)CCOCC2)cc1. The van der Waals surface area contributed by atoms with Gasteiger partial charge in [0.15, 0.2) is 0 Å². The summed E-state index contributed by atoms with van der Waals surface area (Å²) >= 11 is 0. The number of piperazine rings is 1. The first-order chi connectivity index (χ1) is 13.7. The standard InChI is InChI=1S/C24H30N2O2/c1-20-7-9-22(10-8-20)24(11-17-28-18-12-24)23(27)26-15-13-25(14-16-26)19-21-5-3-2-4-6-21/h2-10H,11-19H2,1H3. The second-order valence-electron chi connectivity index (χ2n) is 8.11. The van der Waals surface area contributed by atoms with E-state index in [2.05, 4.69) is 71.3 Å². The van der Waals surface area contributed by atoms with E-state index in [1.165, 1.54) is 11.1 Å². The van der Waals surface area contributed by atoms with E-state index in [0.717, 1.165) is 51.1 Å². The lowest BCUT2D eigenvalue weighted by molar-refractivity contribution is -0.143. The molecule has 0 aliphatic carbocycles. The highest BCUT2D eigenvalue weighted by molar-refractivity contribution is 5.88. The largest absolute Gasteiger partial charge is 0.381 e. The van der Waals surface area contributed by atoms with Crippen LogP contribution < -0.4 is 0 Å². The molecule has 2 aromatic rings. The molecule has 0 spiro atoms. The molecule has 0 N–H and O–H groups in total. The average Bonchev–Trinajstić information content (AvgIpc) is 2.75. The Balaban J connectivity index is 1.45. The lowest BCUT2D eigenvalue weighted by atomic mass is 9.72. The van der Waals surface area contributed by atoms with Crippen LogP contribution in [0.1, 0.15) is 29.5 Å². The number of carbonyl (C=O) groups excluding carboxylic acids is 1. The number of carbonyl (C=O) groups is 1. The molecule has 2 heterocycles. The third-order valence-electron chi connectivity index (χ3n) is 6.27. The fourth-order valence-corrected chi connectivity index (χ4v) is 4.47. The van der Waals surface area contributed by atoms with E-state index in [1.807, 2.05) is 0 Å². The van der Waals surface area contributed by atoms with Crippen molar-refractivity contribution in [1.29, 1.82) is 0 Å². The normalized spacial score (nSPS) is 20.1. The maximum absolute atomic E-state index is 13.7. The van der Waals surface area contributed by atoms with Crippen molar-refractivity contribution in [3.8, 4) is 0 Å². The van der Waals surface area contributed by atoms with Gasteiger partial charge in [-0.3, -0.25) is 9.69 Å². The summed E-state index contributed by atoms with van der Waals surface area (Å²) in [4.78, 5) is 18.2. The van der Waals surface area contributed by atoms with Gasteiger partial charge in [0.25, 0.3) is 0 Å². The molecule has 4 nitrogen and oxygen atoms in total. The molecule has 1 amide bonds. The molecule has 148 valence electrons. The van der Waals surface area contributed by atoms with E-state index in [4.69, 9.17) is 4.74 Å². The van der Waals surface area contributed by atoms with Gasteiger partial charge >= 0.3 is 0 Å². The molecule has 2 fully saturated rings. The summed E-state index contributed by atoms with van der Waals surface area (Å²) in [5, 5.41) is 0. The molecular weight excluding hydrogens is 348 g/mol. The van der Waals surface area contributed by atoms with Crippen molar-refractivity contribution in [3.63, 3.8) is 0 Å². The highest BCUT2D eigenvalue weighted by atomic mass is 16.5. The third-order valence-corrected chi connectivity index (χ3v) is 6.27. The first-order valence-corrected chi connectivity index (χ1v) is 10.4. The molecule has 0 atom stereocenters. The minimum Gasteiger partial charge on any atom is -0.381 e. The molecule has 28 heavy (non-hydrogen) atoms. The van der Waals surface area contributed by atoms with Crippen molar-refractivity contribution in [3.05, 3.63) is 71.3 Å². The molecule has 0 radical (unpaired) electrons. The van der Waals surface area contributed by atoms with Crippen LogP contribution in [0.5, 0.6) is 0 Å². The number of aryl methyl sites for hydroxylation is 1. The number of amides is 1. The second-order valence-corrected chi connectivity index (χ2v) is 8.11. The Labute approximate surface area is 168 Å². The molecule has 4 rings (SSSR count). The van der Waals surface area contributed by atoms with E-state index < -0.39 is 5.41 Å². The Bertz CT molecular complexity index is 774. The van der Waals surface area contributed by atoms with Crippen molar-refractivity contribution in [2.75, 3.05) is 39.4 Å². The molecule has 2 saturated heterocycles. The quantitative estimate of drug-likeness (QED) is 0.818. The Morgan fingerprint density at radius 1 is 0.929 bits per heavy atom. The van der Waals surface area contributed by atoms with Gasteiger partial charge in [-0.25, -0.2) is 0 Å². The summed E-state index contributed by atoms with van der Waals surface area (Å²) in [6.45, 7) is 7.84. The van der Waals surface area contributed by atoms with Crippen LogP contribution >= 0.6 is 0 Å². The van der Waals surface area contributed by atoms with E-state index >= 15 is 0 Å². The van der Waals surface area contributed by atoms with Crippen LogP contribution in [-0.4, -0.2) is 55.1 Å². The summed E-state index contributed by atoms with van der Waals surface area (Å²) in [6, 6.07) is 19.1. The Morgan fingerprint density at radius 3 is 2.21 bits per heavy atom. The van der Waals surface area contributed by atoms with Crippen molar-refractivity contribution in [1.82, 2.24) is 9.80 Å². The number of ether oxygens (including phenoxy) is 1. The number of rotatable bonds is 4. The van der Waals surface area contributed by atoms with E-state index in [-0.39, 0.29) is 0 Å². The van der Waals surface area contributed by atoms with Gasteiger partial charge in [-0.15, -0.1) is 0 Å². The van der Waals surface area contributed by atoms with Gasteiger partial charge in [0, 0.05) is 45.9 Å². The monoisotopic (exact) mass is 378 g/mol. The van der Waals surface area contributed by atoms with Crippen LogP contribution in [0.15, 0.2) is 54.6 Å². The van der Waals surface area contributed by atoms with Crippen LogP contribution in [0.25, 0.3) is 0 Å². The zero-order valence-corrected chi connectivity index (χ0v) is 16.8. The smallest absolute Gasteiger partial charge is 0.233 e. The molecule has 0 bridgehead atoms. The maximum Gasteiger partial charge on any atom is 0.233 e. The molecule has 2 aromatic carbocycles. The van der Waals surface area contributed by atoms with Crippen molar-refractivity contribution in [2.24, 2.45) is 0 Å². The van der Waals surface area contributed by atoms with Crippen LogP contribution in [-0.2, 0) is 21.5 Å². The second kappa shape index (κ2) is 8.46. The number of hydrogen-bond acceptors (Lipinski definition) is 3. The van der Waals surface area contributed by atoms with E-state index in [9.17, 15) is 4.79 Å². The third kappa shape index (κ3) is 3.98. The number of hydrogen-bond donors (Lipinski definition) is 0. The highest BCUT2D eigenvalue weighted by Gasteiger charge is 2.44. The number of nitrogens with zero attached hydrogens (tertiary/aromatic N) is 2. The molecule has 2 aliphatic rings. The summed E-state index contributed by atoms with van der Waals surface area (Å²) in [7, 11) is 0. The highest BCUT2D eigenvalue weighted by Crippen LogP contribution is 2.37. The van der Waals surface area contributed by atoms with Crippen LogP contribution in [0.3, 0.4) is 0 Å². The molecule has 4 heteroatoms. The van der Waals surface area contributed by atoms with Crippen molar-refractivity contribution in [2.45, 2.75) is 31.7 Å². The summed E-state index contributed by atoms with van der Waals surface area (Å²) in [5.41, 5.74) is 3.29. The topological polar surface area (TPSA) is 32.8 Å². The van der Waals surface area contributed by atoms with Crippen LogP contribution in [0.4, 0.5) is 0 Å². The molecule has 0 unspecified atom stereocenters. The molecule has 0 saturated carbocycles. The Kier molecular flexibility index (Phi) is 5.79. The van der Waals surface area contributed by atoms with Gasteiger partial charge in [-0.1, -0.05) is 60.2 Å². The number of benzene rings is 2. The van der Waals surface area contributed by atoms with Gasteiger partial charge in [0.2, 0.25) is 5.91 Å². The summed E-state index contributed by atoms with van der Waals surface area (Å²) in [5.74, 6) is 0.291. The van der Waals surface area contributed by atoms with Gasteiger partial charge in [-0.05, 0) is 30.9 Å². The fourth-order valence-electron chi connectivity index (χ4n) is 4.47. The van der Waals surface area contributed by atoms with Gasteiger partial charge in [0.05, 0.1) is 5.41 Å². The minimum absolute atomic E-state index is 0.291. The van der Waals surface area contributed by atoms with Crippen LogP contribution in [0, 0.1) is 6.92 Å². The van der Waals surface area contributed by atoms with Crippen LogP contribution in [0.2, 0.25) is 0 Å². The van der Waals surface area contributed by atoms with Crippen molar-refractivity contribution < 1.29 is 9.53 Å².